The molecule has 2 aromatic heterocycles. The molecule has 32 heavy (non-hydrogen) atoms. The summed E-state index contributed by atoms with van der Waals surface area (Å²) in [5.74, 6) is -0.334. The van der Waals surface area contributed by atoms with Crippen molar-refractivity contribution < 1.29 is 4.39 Å². The van der Waals surface area contributed by atoms with Gasteiger partial charge in [-0.2, -0.15) is 0 Å². The lowest BCUT2D eigenvalue weighted by atomic mass is 10.1. The van der Waals surface area contributed by atoms with E-state index in [1.807, 2.05) is 48.5 Å². The number of halogens is 2. The number of benzene rings is 3. The number of aromatic amines is 1. The topological polar surface area (TPSA) is 59.8 Å². The molecule has 2 heterocycles. The normalized spacial score (nSPS) is 11.2. The number of aromatic nitrogens is 3. The molecule has 0 radical (unpaired) electrons. The molecule has 0 aliphatic carbocycles. The van der Waals surface area contributed by atoms with Gasteiger partial charge in [0.2, 0.25) is 0 Å². The number of pyridine rings is 1. The minimum absolute atomic E-state index is 0.205. The molecule has 0 bridgehead atoms. The van der Waals surface area contributed by atoms with Gasteiger partial charge in [-0.1, -0.05) is 46.3 Å². The standard InChI is InChI=1S/C25H17BrFN3O2/c26-18-4-3-5-20(14-18)29-15-21(30-23-7-2-1-6-22(23)28-25(30)32)13-17(24(29)31)12-16-8-10-19(27)11-9-16/h1-11,13-15H,12H2,(H,28,32). The summed E-state index contributed by atoms with van der Waals surface area (Å²) in [6.07, 6.45) is 1.97. The van der Waals surface area contributed by atoms with Crippen molar-refractivity contribution in [1.82, 2.24) is 14.1 Å². The molecule has 0 aliphatic rings. The maximum atomic E-state index is 13.4. The molecule has 0 amide bonds. The predicted octanol–water partition coefficient (Wildman–Crippen LogP) is 4.96. The summed E-state index contributed by atoms with van der Waals surface area (Å²) in [7, 11) is 0. The minimum Gasteiger partial charge on any atom is -0.305 e. The van der Waals surface area contributed by atoms with Crippen molar-refractivity contribution in [3.63, 3.8) is 0 Å². The van der Waals surface area contributed by atoms with Crippen LogP contribution in [0, 0.1) is 5.82 Å². The maximum Gasteiger partial charge on any atom is 0.331 e. The molecule has 0 spiro atoms. The first-order valence-corrected chi connectivity index (χ1v) is 10.7. The fourth-order valence-electron chi connectivity index (χ4n) is 3.82. The summed E-state index contributed by atoms with van der Waals surface area (Å²) >= 11 is 3.45. The van der Waals surface area contributed by atoms with E-state index in [1.165, 1.54) is 16.7 Å². The largest absolute Gasteiger partial charge is 0.331 e. The Labute approximate surface area is 190 Å². The molecule has 0 saturated heterocycles. The molecule has 158 valence electrons. The lowest BCUT2D eigenvalue weighted by molar-refractivity contribution is 0.627. The highest BCUT2D eigenvalue weighted by Crippen LogP contribution is 2.20. The van der Waals surface area contributed by atoms with E-state index in [0.29, 0.717) is 34.4 Å². The van der Waals surface area contributed by atoms with Crippen LogP contribution in [0.25, 0.3) is 22.4 Å². The highest BCUT2D eigenvalue weighted by atomic mass is 79.9. The Kier molecular flexibility index (Phi) is 5.11. The summed E-state index contributed by atoms with van der Waals surface area (Å²) in [6, 6.07) is 22.6. The monoisotopic (exact) mass is 489 g/mol. The van der Waals surface area contributed by atoms with Gasteiger partial charge < -0.3 is 4.98 Å². The number of rotatable bonds is 4. The van der Waals surface area contributed by atoms with Crippen LogP contribution < -0.4 is 11.2 Å². The van der Waals surface area contributed by atoms with E-state index in [2.05, 4.69) is 20.9 Å². The number of hydrogen-bond donors (Lipinski definition) is 1. The Morgan fingerprint density at radius 3 is 2.44 bits per heavy atom. The van der Waals surface area contributed by atoms with Gasteiger partial charge in [0.15, 0.2) is 0 Å². The van der Waals surface area contributed by atoms with Crippen LogP contribution in [-0.2, 0) is 6.42 Å². The average Bonchev–Trinajstić information content (AvgIpc) is 3.12. The van der Waals surface area contributed by atoms with Gasteiger partial charge in [0, 0.05) is 28.3 Å². The summed E-state index contributed by atoms with van der Waals surface area (Å²) in [4.78, 5) is 29.1. The van der Waals surface area contributed by atoms with Crippen molar-refractivity contribution >= 4 is 27.0 Å². The molecule has 7 heteroatoms. The van der Waals surface area contributed by atoms with Gasteiger partial charge in [0.05, 0.1) is 16.7 Å². The molecule has 0 aliphatic heterocycles. The number of para-hydroxylation sites is 2. The van der Waals surface area contributed by atoms with Crippen LogP contribution in [0.3, 0.4) is 0 Å². The first-order chi connectivity index (χ1) is 15.5. The SMILES string of the molecule is O=c1c(Cc2ccc(F)cc2)cc(-n2c(=O)[nH]c3ccccc32)cn1-c1cccc(Br)c1. The van der Waals surface area contributed by atoms with Crippen LogP contribution in [0.4, 0.5) is 4.39 Å². The number of imidazole rings is 1. The van der Waals surface area contributed by atoms with Gasteiger partial charge in [0.25, 0.3) is 5.56 Å². The molecule has 5 nitrogen and oxygen atoms in total. The molecule has 1 N–H and O–H groups in total. The average molecular weight is 490 g/mol. The first-order valence-electron chi connectivity index (χ1n) is 9.96. The number of nitrogens with zero attached hydrogens (tertiary/aromatic N) is 2. The molecule has 0 atom stereocenters. The second-order valence-corrected chi connectivity index (χ2v) is 8.38. The Morgan fingerprint density at radius 2 is 1.66 bits per heavy atom. The number of fused-ring (bicyclic) bond motifs is 1. The zero-order chi connectivity index (χ0) is 22.2. The lowest BCUT2D eigenvalue weighted by Crippen LogP contribution is -2.25. The highest BCUT2D eigenvalue weighted by molar-refractivity contribution is 9.10. The summed E-state index contributed by atoms with van der Waals surface area (Å²) in [5.41, 5.74) is 3.44. The molecular weight excluding hydrogens is 473 g/mol. The van der Waals surface area contributed by atoms with Gasteiger partial charge in [0.1, 0.15) is 5.82 Å². The molecule has 0 saturated carbocycles. The summed E-state index contributed by atoms with van der Waals surface area (Å²) in [5, 5.41) is 0. The predicted molar refractivity (Wildman–Crippen MR) is 126 cm³/mol. The summed E-state index contributed by atoms with van der Waals surface area (Å²) in [6.45, 7) is 0. The van der Waals surface area contributed by atoms with Crippen molar-refractivity contribution in [2.45, 2.75) is 6.42 Å². The van der Waals surface area contributed by atoms with E-state index in [0.717, 1.165) is 10.0 Å². The number of H-pyrrole nitrogens is 1. The van der Waals surface area contributed by atoms with Crippen molar-refractivity contribution in [3.05, 3.63) is 127 Å². The fourth-order valence-corrected chi connectivity index (χ4v) is 4.21. The Balaban J connectivity index is 1.76. The van der Waals surface area contributed by atoms with Crippen molar-refractivity contribution in [2.75, 3.05) is 0 Å². The van der Waals surface area contributed by atoms with Crippen LogP contribution in [0.2, 0.25) is 0 Å². The Hall–Kier alpha value is -3.71. The van der Waals surface area contributed by atoms with Crippen LogP contribution in [0.1, 0.15) is 11.1 Å². The molecule has 5 rings (SSSR count). The second-order valence-electron chi connectivity index (χ2n) is 7.46. The number of nitrogens with one attached hydrogen (secondary N) is 1. The van der Waals surface area contributed by atoms with Crippen LogP contribution in [0.15, 0.2) is 99.1 Å². The number of hydrogen-bond acceptors (Lipinski definition) is 2. The third-order valence-electron chi connectivity index (χ3n) is 5.32. The second kappa shape index (κ2) is 8.09. The third kappa shape index (κ3) is 3.71. The molecule has 0 fully saturated rings. The van der Waals surface area contributed by atoms with E-state index in [9.17, 15) is 14.0 Å². The molecule has 5 aromatic rings. The molecule has 0 unspecified atom stereocenters. The zero-order valence-corrected chi connectivity index (χ0v) is 18.3. The summed E-state index contributed by atoms with van der Waals surface area (Å²) < 4.78 is 17.3. The van der Waals surface area contributed by atoms with Crippen molar-refractivity contribution in [2.24, 2.45) is 0 Å². The molecule has 3 aromatic carbocycles. The van der Waals surface area contributed by atoms with Gasteiger partial charge in [-0.3, -0.25) is 13.9 Å². The fraction of sp³-hybridized carbons (Fsp3) is 0.0400. The van der Waals surface area contributed by atoms with E-state index >= 15 is 0 Å². The van der Waals surface area contributed by atoms with Crippen LogP contribution in [0.5, 0.6) is 0 Å². The van der Waals surface area contributed by atoms with E-state index in [4.69, 9.17) is 0 Å². The Morgan fingerprint density at radius 1 is 0.875 bits per heavy atom. The van der Waals surface area contributed by atoms with E-state index in [1.54, 1.807) is 29.0 Å². The Bertz CT molecular complexity index is 1570. The van der Waals surface area contributed by atoms with Gasteiger partial charge >= 0.3 is 5.69 Å². The highest BCUT2D eigenvalue weighted by Gasteiger charge is 2.15. The smallest absolute Gasteiger partial charge is 0.305 e. The van der Waals surface area contributed by atoms with Crippen LogP contribution in [-0.4, -0.2) is 14.1 Å². The molecular formula is C25H17BrFN3O2. The maximum absolute atomic E-state index is 13.4. The third-order valence-corrected chi connectivity index (χ3v) is 5.81. The zero-order valence-electron chi connectivity index (χ0n) is 16.8. The first kappa shape index (κ1) is 20.2. The van der Waals surface area contributed by atoms with Gasteiger partial charge in [-0.05, 0) is 54.1 Å². The van der Waals surface area contributed by atoms with Crippen LogP contribution >= 0.6 is 15.9 Å². The van der Waals surface area contributed by atoms with Gasteiger partial charge in [-0.15, -0.1) is 0 Å². The lowest BCUT2D eigenvalue weighted by Gasteiger charge is -2.13. The minimum atomic E-state index is -0.334. The van der Waals surface area contributed by atoms with Crippen molar-refractivity contribution in [3.8, 4) is 11.4 Å². The van der Waals surface area contributed by atoms with Gasteiger partial charge in [-0.25, -0.2) is 9.18 Å². The van der Waals surface area contributed by atoms with E-state index in [-0.39, 0.29) is 17.1 Å². The van der Waals surface area contributed by atoms with E-state index < -0.39 is 0 Å². The quantitative estimate of drug-likeness (QED) is 0.387. The van der Waals surface area contributed by atoms with Crippen molar-refractivity contribution in [1.29, 1.82) is 0 Å².